The summed E-state index contributed by atoms with van der Waals surface area (Å²) >= 11 is 1.57. The lowest BCUT2D eigenvalue weighted by Crippen LogP contribution is -2.49. The highest BCUT2D eigenvalue weighted by Crippen LogP contribution is 2.34. The van der Waals surface area contributed by atoms with Crippen molar-refractivity contribution in [2.75, 3.05) is 51.3 Å². The van der Waals surface area contributed by atoms with Crippen molar-refractivity contribution in [3.63, 3.8) is 0 Å². The number of amides is 2. The number of rotatable bonds is 8. The third-order valence-electron chi connectivity index (χ3n) is 7.72. The van der Waals surface area contributed by atoms with Crippen molar-refractivity contribution >= 4 is 28.8 Å². The molecule has 1 aromatic heterocycles. The summed E-state index contributed by atoms with van der Waals surface area (Å²) in [5.74, 6) is -0.602. The van der Waals surface area contributed by atoms with E-state index < -0.39 is 18.2 Å². The summed E-state index contributed by atoms with van der Waals surface area (Å²) in [5.41, 5.74) is 4.66. The monoisotopic (exact) mass is 589 g/mol. The van der Waals surface area contributed by atoms with Gasteiger partial charge in [-0.3, -0.25) is 14.6 Å². The van der Waals surface area contributed by atoms with E-state index in [9.17, 15) is 19.8 Å². The number of piperazine rings is 1. The number of benzene rings is 1. The number of aliphatic hydroxyl groups excluding tert-OH is 2. The summed E-state index contributed by atoms with van der Waals surface area (Å²) in [6.07, 6.45) is 1.29. The number of β-amino-alcohol motifs (C(OH)–C–C–N with tert-alkyl or cyclic N) is 1. The van der Waals surface area contributed by atoms with Gasteiger partial charge in [0.2, 0.25) is 11.8 Å². The normalized spacial score (nSPS) is 20.5. The molecule has 0 bridgehead atoms. The average molecular weight is 590 g/mol. The van der Waals surface area contributed by atoms with Crippen LogP contribution in [0, 0.1) is 11.8 Å². The van der Waals surface area contributed by atoms with Crippen LogP contribution in [0.25, 0.3) is 10.4 Å². The summed E-state index contributed by atoms with van der Waals surface area (Å²) in [7, 11) is 2.10. The van der Waals surface area contributed by atoms with E-state index in [1.807, 2.05) is 66.8 Å². The second-order valence-electron chi connectivity index (χ2n) is 10.6. The molecule has 0 spiro atoms. The first-order chi connectivity index (χ1) is 19.7. The maximum absolute atomic E-state index is 13.5. The van der Waals surface area contributed by atoms with Gasteiger partial charge in [0.25, 0.3) is 0 Å². The molecule has 4 atom stereocenters. The molecular formula is C31H51N5O4S. The first-order valence-electron chi connectivity index (χ1n) is 15.1. The number of anilines is 1. The molecule has 2 aliphatic rings. The Morgan fingerprint density at radius 1 is 1.10 bits per heavy atom. The van der Waals surface area contributed by atoms with Gasteiger partial charge in [0.1, 0.15) is 6.04 Å². The van der Waals surface area contributed by atoms with Gasteiger partial charge in [-0.25, -0.2) is 0 Å². The molecule has 230 valence electrons. The molecule has 2 fully saturated rings. The van der Waals surface area contributed by atoms with E-state index in [2.05, 4.69) is 33.2 Å². The quantitative estimate of drug-likeness (QED) is 0.427. The van der Waals surface area contributed by atoms with Crippen LogP contribution in [0.2, 0.25) is 0 Å². The number of carbonyl (C=O) groups excluding carboxylic acids is 2. The Labute approximate surface area is 250 Å². The van der Waals surface area contributed by atoms with Gasteiger partial charge in [-0.05, 0) is 24.6 Å². The number of likely N-dealkylation sites (N-methyl/N-ethyl adjacent to an activating group) is 1. The lowest BCUT2D eigenvalue weighted by atomic mass is 9.96. The zero-order valence-electron chi connectivity index (χ0n) is 26.1. The molecule has 2 aliphatic heterocycles. The highest BCUT2D eigenvalue weighted by molar-refractivity contribution is 7.13. The summed E-state index contributed by atoms with van der Waals surface area (Å²) in [6.45, 7) is 17.2. The SMILES string of the molecule is CC.CC.CC(C)C(C)C(=O)N1CC(O)CC1C(=O)NC(CO)c1ccc(-c2cncs2)cc1N1CCN(C)CC1. The second-order valence-corrected chi connectivity index (χ2v) is 11.5. The predicted octanol–water partition coefficient (Wildman–Crippen LogP) is 4.02. The van der Waals surface area contributed by atoms with E-state index in [0.717, 1.165) is 47.9 Å². The summed E-state index contributed by atoms with van der Waals surface area (Å²) in [5, 5.41) is 23.7. The average Bonchev–Trinajstić information content (AvgIpc) is 3.68. The van der Waals surface area contributed by atoms with E-state index in [1.165, 1.54) is 4.90 Å². The summed E-state index contributed by atoms with van der Waals surface area (Å²) < 4.78 is 0. The lowest BCUT2D eigenvalue weighted by Gasteiger charge is -2.36. The summed E-state index contributed by atoms with van der Waals surface area (Å²) in [4.78, 5) is 37.9. The van der Waals surface area contributed by atoms with Crippen molar-refractivity contribution in [3.8, 4) is 10.4 Å². The molecule has 4 unspecified atom stereocenters. The molecule has 9 nitrogen and oxygen atoms in total. The third kappa shape index (κ3) is 8.73. The number of nitrogens with zero attached hydrogens (tertiary/aromatic N) is 4. The molecular weight excluding hydrogens is 538 g/mol. The molecule has 1 aromatic carbocycles. The van der Waals surface area contributed by atoms with Gasteiger partial charge < -0.3 is 30.2 Å². The van der Waals surface area contributed by atoms with Crippen LogP contribution >= 0.6 is 11.3 Å². The van der Waals surface area contributed by atoms with Gasteiger partial charge in [0.05, 0.1) is 29.1 Å². The highest BCUT2D eigenvalue weighted by Gasteiger charge is 2.41. The van der Waals surface area contributed by atoms with Crippen molar-refractivity contribution in [1.82, 2.24) is 20.1 Å². The Bertz CT molecular complexity index is 1070. The smallest absolute Gasteiger partial charge is 0.243 e. The van der Waals surface area contributed by atoms with Gasteiger partial charge >= 0.3 is 0 Å². The van der Waals surface area contributed by atoms with Crippen LogP contribution in [-0.2, 0) is 9.59 Å². The standard InChI is InChI=1S/C27H39N5O4S.2C2H6/c1-17(2)18(3)27(36)32-14-20(34)12-24(32)26(35)29-22(15-33)21-6-5-19(25-13-28-16-37-25)11-23(21)31-9-7-30(4)8-10-31;2*1-2/h5-6,11,13,16-18,20,22,24,33-34H,7-10,12,14-15H2,1-4H3,(H,29,35);2*1-2H3. The Morgan fingerprint density at radius 2 is 1.76 bits per heavy atom. The first kappa shape index (κ1) is 34.7. The van der Waals surface area contributed by atoms with Crippen LogP contribution in [0.3, 0.4) is 0 Å². The molecule has 3 N–H and O–H groups in total. The number of thiazole rings is 1. The van der Waals surface area contributed by atoms with E-state index in [4.69, 9.17) is 0 Å². The minimum atomic E-state index is -0.763. The zero-order valence-corrected chi connectivity index (χ0v) is 26.9. The van der Waals surface area contributed by atoms with Crippen LogP contribution < -0.4 is 10.2 Å². The minimum Gasteiger partial charge on any atom is -0.394 e. The van der Waals surface area contributed by atoms with Crippen LogP contribution in [0.1, 0.15) is 66.5 Å². The van der Waals surface area contributed by atoms with Crippen molar-refractivity contribution < 1.29 is 19.8 Å². The van der Waals surface area contributed by atoms with E-state index in [1.54, 1.807) is 16.8 Å². The van der Waals surface area contributed by atoms with Crippen LogP contribution in [-0.4, -0.2) is 95.3 Å². The number of nitrogens with one attached hydrogen (secondary N) is 1. The molecule has 2 saturated heterocycles. The van der Waals surface area contributed by atoms with E-state index in [-0.39, 0.29) is 43.2 Å². The van der Waals surface area contributed by atoms with Gasteiger partial charge in [0, 0.05) is 62.5 Å². The van der Waals surface area contributed by atoms with Crippen LogP contribution in [0.15, 0.2) is 29.9 Å². The lowest BCUT2D eigenvalue weighted by molar-refractivity contribution is -0.142. The molecule has 0 saturated carbocycles. The Morgan fingerprint density at radius 3 is 2.32 bits per heavy atom. The Balaban J connectivity index is 0.00000141. The molecule has 3 heterocycles. The highest BCUT2D eigenvalue weighted by atomic mass is 32.1. The fourth-order valence-electron chi connectivity index (χ4n) is 5.01. The molecule has 2 amide bonds. The number of hydrogen-bond donors (Lipinski definition) is 3. The fraction of sp³-hybridized carbons (Fsp3) is 0.645. The topological polar surface area (TPSA) is 109 Å². The van der Waals surface area contributed by atoms with Crippen molar-refractivity contribution in [3.05, 3.63) is 35.5 Å². The largest absolute Gasteiger partial charge is 0.394 e. The van der Waals surface area contributed by atoms with E-state index >= 15 is 0 Å². The minimum absolute atomic E-state index is 0.126. The van der Waals surface area contributed by atoms with Crippen molar-refractivity contribution in [2.45, 2.75) is 73.1 Å². The molecule has 0 radical (unpaired) electrons. The molecule has 10 heteroatoms. The van der Waals surface area contributed by atoms with Gasteiger partial charge in [-0.1, -0.05) is 60.6 Å². The van der Waals surface area contributed by atoms with Crippen molar-refractivity contribution in [1.29, 1.82) is 0 Å². The van der Waals surface area contributed by atoms with E-state index in [0.29, 0.717) is 0 Å². The van der Waals surface area contributed by atoms with Crippen LogP contribution in [0.5, 0.6) is 0 Å². The number of likely N-dealkylation sites (tertiary alicyclic amines) is 1. The molecule has 41 heavy (non-hydrogen) atoms. The predicted molar refractivity (Wildman–Crippen MR) is 168 cm³/mol. The molecule has 4 rings (SSSR count). The van der Waals surface area contributed by atoms with Crippen molar-refractivity contribution in [2.24, 2.45) is 11.8 Å². The second kappa shape index (κ2) is 16.8. The number of hydrogen-bond acceptors (Lipinski definition) is 8. The molecule has 0 aliphatic carbocycles. The van der Waals surface area contributed by atoms with Gasteiger partial charge in [0.15, 0.2) is 0 Å². The zero-order chi connectivity index (χ0) is 30.7. The maximum Gasteiger partial charge on any atom is 0.243 e. The number of aromatic nitrogens is 1. The number of carbonyl (C=O) groups is 2. The Kier molecular flexibility index (Phi) is 14.2. The molecule has 2 aromatic rings. The van der Waals surface area contributed by atoms with Gasteiger partial charge in [-0.2, -0.15) is 0 Å². The number of aliphatic hydroxyl groups is 2. The first-order valence-corrected chi connectivity index (χ1v) is 15.9. The van der Waals surface area contributed by atoms with Crippen LogP contribution in [0.4, 0.5) is 5.69 Å². The maximum atomic E-state index is 13.5. The summed E-state index contributed by atoms with van der Waals surface area (Å²) in [6, 6.07) is 4.67. The van der Waals surface area contributed by atoms with Gasteiger partial charge in [-0.15, -0.1) is 11.3 Å². The fourth-order valence-corrected chi connectivity index (χ4v) is 5.63. The third-order valence-corrected chi connectivity index (χ3v) is 8.54. The Hall–Kier alpha value is -2.53.